The van der Waals surface area contributed by atoms with Crippen LogP contribution in [0.15, 0.2) is 0 Å². The summed E-state index contributed by atoms with van der Waals surface area (Å²) in [6.45, 7) is 1.99. The molecule has 0 saturated carbocycles. The number of nitrogens with one attached hydrogen (secondary N) is 1. The Morgan fingerprint density at radius 2 is 2.07 bits per heavy atom. The topological polar surface area (TPSA) is 67.7 Å². The molecule has 1 aromatic rings. The zero-order chi connectivity index (χ0) is 9.42. The first-order valence-corrected chi connectivity index (χ1v) is 4.62. The lowest BCUT2D eigenvalue weighted by Crippen LogP contribution is -2.24. The average Bonchev–Trinajstić information content (AvgIpc) is 2.45. The summed E-state index contributed by atoms with van der Waals surface area (Å²) in [5, 5.41) is 11.6. The number of nitrogen functional groups attached to an aromatic ring is 1. The van der Waals surface area contributed by atoms with Crippen LogP contribution in [0.5, 0.6) is 0 Å². The number of hydrogen-bond donors (Lipinski definition) is 2. The molecule has 0 bridgehead atoms. The molecule has 1 aliphatic carbocycles. The minimum atomic E-state index is 0. The molecule has 1 aliphatic rings. The maximum absolute atomic E-state index is 7.37. The van der Waals surface area contributed by atoms with Crippen LogP contribution in [-0.2, 0) is 12.8 Å². The molecule has 4 nitrogen and oxygen atoms in total. The minimum Gasteiger partial charge on any atom is -0.368 e. The van der Waals surface area contributed by atoms with E-state index in [0.717, 1.165) is 24.2 Å². The lowest BCUT2D eigenvalue weighted by atomic mass is 9.96. The Kier molecular flexibility index (Phi) is 3.16. The first kappa shape index (κ1) is 11.0. The van der Waals surface area contributed by atoms with E-state index in [0.29, 0.717) is 0 Å². The van der Waals surface area contributed by atoms with Gasteiger partial charge in [0.2, 0.25) is 5.96 Å². The van der Waals surface area contributed by atoms with Crippen molar-refractivity contribution in [3.05, 3.63) is 17.0 Å². The van der Waals surface area contributed by atoms with Crippen molar-refractivity contribution in [1.29, 1.82) is 5.41 Å². The van der Waals surface area contributed by atoms with Crippen LogP contribution in [0.2, 0.25) is 0 Å². The van der Waals surface area contributed by atoms with Gasteiger partial charge in [0.25, 0.3) is 0 Å². The second kappa shape index (κ2) is 4.00. The van der Waals surface area contributed by atoms with Gasteiger partial charge in [-0.15, -0.1) is 12.4 Å². The number of aryl methyl sites for hydroxylation is 1. The predicted octanol–water partition coefficient (Wildman–Crippen LogP) is 1.23. The van der Waals surface area contributed by atoms with E-state index in [1.165, 1.54) is 18.4 Å². The Morgan fingerprint density at radius 1 is 1.43 bits per heavy atom. The molecule has 14 heavy (non-hydrogen) atoms. The minimum absolute atomic E-state index is 0. The van der Waals surface area contributed by atoms with Gasteiger partial charge >= 0.3 is 0 Å². The van der Waals surface area contributed by atoms with Crippen molar-refractivity contribution in [3.8, 4) is 0 Å². The van der Waals surface area contributed by atoms with Gasteiger partial charge in [0.1, 0.15) is 0 Å². The number of hydrogen-bond acceptors (Lipinski definition) is 2. The Balaban J connectivity index is 0.000000980. The smallest absolute Gasteiger partial charge is 0.213 e. The van der Waals surface area contributed by atoms with Gasteiger partial charge in [0.15, 0.2) is 0 Å². The molecule has 0 saturated heterocycles. The van der Waals surface area contributed by atoms with Gasteiger partial charge in [0.05, 0.1) is 11.4 Å². The molecule has 1 heterocycles. The van der Waals surface area contributed by atoms with Crippen molar-refractivity contribution >= 4 is 18.4 Å². The second-order valence-electron chi connectivity index (χ2n) is 3.51. The third kappa shape index (κ3) is 1.62. The molecule has 0 amide bonds. The van der Waals surface area contributed by atoms with Crippen LogP contribution in [0.3, 0.4) is 0 Å². The highest BCUT2D eigenvalue weighted by Crippen LogP contribution is 2.23. The summed E-state index contributed by atoms with van der Waals surface area (Å²) >= 11 is 0. The molecule has 0 radical (unpaired) electrons. The molecule has 0 atom stereocenters. The van der Waals surface area contributed by atoms with Crippen molar-refractivity contribution in [3.63, 3.8) is 0 Å². The fourth-order valence-electron chi connectivity index (χ4n) is 1.98. The normalized spacial score (nSPS) is 14.4. The summed E-state index contributed by atoms with van der Waals surface area (Å²) in [6.07, 6.45) is 4.52. The van der Waals surface area contributed by atoms with Crippen LogP contribution >= 0.6 is 12.4 Å². The number of nitrogens with two attached hydrogens (primary N) is 1. The third-order valence-electron chi connectivity index (χ3n) is 2.61. The Hall–Kier alpha value is -1.03. The molecule has 0 aliphatic heterocycles. The Morgan fingerprint density at radius 3 is 2.71 bits per heavy atom. The maximum atomic E-state index is 7.37. The van der Waals surface area contributed by atoms with Crippen LogP contribution < -0.4 is 5.73 Å². The molecule has 0 spiro atoms. The summed E-state index contributed by atoms with van der Waals surface area (Å²) in [7, 11) is 0. The van der Waals surface area contributed by atoms with Crippen molar-refractivity contribution < 1.29 is 0 Å². The monoisotopic (exact) mass is 214 g/mol. The lowest BCUT2D eigenvalue weighted by Gasteiger charge is -2.12. The summed E-state index contributed by atoms with van der Waals surface area (Å²) < 4.78 is 1.57. The highest BCUT2D eigenvalue weighted by atomic mass is 35.5. The van der Waals surface area contributed by atoms with Gasteiger partial charge in [-0.3, -0.25) is 5.41 Å². The summed E-state index contributed by atoms with van der Waals surface area (Å²) in [4.78, 5) is 0. The molecule has 3 N–H and O–H groups in total. The van der Waals surface area contributed by atoms with Crippen molar-refractivity contribution in [2.45, 2.75) is 32.6 Å². The zero-order valence-electron chi connectivity index (χ0n) is 8.21. The maximum Gasteiger partial charge on any atom is 0.213 e. The summed E-state index contributed by atoms with van der Waals surface area (Å²) in [5.74, 6) is 0.0336. The zero-order valence-corrected chi connectivity index (χ0v) is 9.02. The fourth-order valence-corrected chi connectivity index (χ4v) is 1.98. The highest BCUT2D eigenvalue weighted by Gasteiger charge is 2.19. The fraction of sp³-hybridized carbons (Fsp3) is 0.556. The van der Waals surface area contributed by atoms with Crippen LogP contribution in [0.4, 0.5) is 0 Å². The van der Waals surface area contributed by atoms with Crippen molar-refractivity contribution in [2.24, 2.45) is 5.73 Å². The van der Waals surface area contributed by atoms with Gasteiger partial charge in [-0.05, 0) is 38.2 Å². The van der Waals surface area contributed by atoms with Crippen LogP contribution in [0.1, 0.15) is 29.8 Å². The molecule has 0 unspecified atom stereocenters. The van der Waals surface area contributed by atoms with E-state index in [9.17, 15) is 0 Å². The molecule has 0 fully saturated rings. The Labute approximate surface area is 89.4 Å². The van der Waals surface area contributed by atoms with Crippen molar-refractivity contribution in [2.75, 3.05) is 0 Å². The van der Waals surface area contributed by atoms with Gasteiger partial charge in [-0.1, -0.05) is 0 Å². The molecular formula is C9H15ClN4. The third-order valence-corrected chi connectivity index (χ3v) is 2.61. The second-order valence-corrected chi connectivity index (χ2v) is 3.51. The van der Waals surface area contributed by atoms with E-state index in [2.05, 4.69) is 5.10 Å². The number of nitrogens with zero attached hydrogens (tertiary/aromatic N) is 2. The van der Waals surface area contributed by atoms with Gasteiger partial charge in [-0.25, -0.2) is 4.68 Å². The first-order chi connectivity index (χ1) is 6.20. The van der Waals surface area contributed by atoms with E-state index in [1.54, 1.807) is 4.68 Å². The Bertz CT molecular complexity index is 356. The molecule has 78 valence electrons. The summed E-state index contributed by atoms with van der Waals surface area (Å²) in [5.41, 5.74) is 8.92. The van der Waals surface area contributed by atoms with E-state index < -0.39 is 0 Å². The number of fused-ring (bicyclic) bond motifs is 1. The summed E-state index contributed by atoms with van der Waals surface area (Å²) in [6, 6.07) is 0. The van der Waals surface area contributed by atoms with Crippen molar-refractivity contribution in [1.82, 2.24) is 9.78 Å². The largest absolute Gasteiger partial charge is 0.368 e. The number of aromatic nitrogens is 2. The lowest BCUT2D eigenvalue weighted by molar-refractivity contribution is 0.659. The van der Waals surface area contributed by atoms with E-state index in [1.807, 2.05) is 6.92 Å². The van der Waals surface area contributed by atoms with Gasteiger partial charge in [0, 0.05) is 0 Å². The standard InChI is InChI=1S/C9H14N4.ClH/c1-6-7-4-2-3-5-8(7)13(12-6)9(10)11;/h2-5H2,1H3,(H3,10,11);1H. The van der Waals surface area contributed by atoms with Crippen LogP contribution in [0, 0.1) is 12.3 Å². The quantitative estimate of drug-likeness (QED) is 0.504. The van der Waals surface area contributed by atoms with Crippen LogP contribution in [0.25, 0.3) is 0 Å². The van der Waals surface area contributed by atoms with E-state index in [-0.39, 0.29) is 18.4 Å². The molecule has 5 heteroatoms. The number of rotatable bonds is 0. The van der Waals surface area contributed by atoms with Crippen LogP contribution in [-0.4, -0.2) is 15.7 Å². The first-order valence-electron chi connectivity index (χ1n) is 4.62. The average molecular weight is 215 g/mol. The highest BCUT2D eigenvalue weighted by molar-refractivity contribution is 5.85. The molecular weight excluding hydrogens is 200 g/mol. The van der Waals surface area contributed by atoms with Gasteiger partial charge in [-0.2, -0.15) is 5.10 Å². The van der Waals surface area contributed by atoms with Gasteiger partial charge < -0.3 is 5.73 Å². The molecule has 0 aromatic carbocycles. The SMILES string of the molecule is Cc1nn(C(=N)N)c2c1CCCC2.Cl. The number of halogens is 1. The molecule has 2 rings (SSSR count). The predicted molar refractivity (Wildman–Crippen MR) is 58.2 cm³/mol. The molecule has 1 aromatic heterocycles. The van der Waals surface area contributed by atoms with E-state index in [4.69, 9.17) is 11.1 Å². The van der Waals surface area contributed by atoms with E-state index >= 15 is 0 Å².